The third kappa shape index (κ3) is 3.40. The zero-order valence-corrected chi connectivity index (χ0v) is 15.7. The van der Waals surface area contributed by atoms with Crippen molar-refractivity contribution in [2.75, 3.05) is 7.05 Å². The number of nitriles is 1. The van der Waals surface area contributed by atoms with Gasteiger partial charge in [-0.2, -0.15) is 23.2 Å². The maximum Gasteiger partial charge on any atom is 0.279 e. The first kappa shape index (κ1) is 19.0. The number of hydrogen-bond donors (Lipinski definition) is 0. The molecule has 0 atom stereocenters. The normalized spacial score (nSPS) is 11.6. The molecular formula is C17H14N6O4S. The van der Waals surface area contributed by atoms with E-state index in [1.807, 2.05) is 6.07 Å². The van der Waals surface area contributed by atoms with Crippen LogP contribution in [0.5, 0.6) is 0 Å². The Labute approximate surface area is 160 Å². The van der Waals surface area contributed by atoms with Crippen molar-refractivity contribution >= 4 is 27.6 Å². The first-order chi connectivity index (χ1) is 13.2. The fraction of sp³-hybridized carbons (Fsp3) is 0.118. The molecule has 3 rings (SSSR count). The smallest absolute Gasteiger partial charge is 0.279 e. The van der Waals surface area contributed by atoms with E-state index in [1.54, 1.807) is 29.7 Å². The van der Waals surface area contributed by atoms with Crippen molar-refractivity contribution in [3.63, 3.8) is 0 Å². The summed E-state index contributed by atoms with van der Waals surface area (Å²) in [5.74, 6) is 0. The number of aromatic nitrogens is 2. The van der Waals surface area contributed by atoms with E-state index in [0.29, 0.717) is 22.5 Å². The van der Waals surface area contributed by atoms with Crippen LogP contribution in [0.25, 0.3) is 5.65 Å². The zero-order chi connectivity index (χ0) is 20.5. The van der Waals surface area contributed by atoms with Crippen molar-refractivity contribution < 1.29 is 13.3 Å². The van der Waals surface area contributed by atoms with Gasteiger partial charge in [0.15, 0.2) is 0 Å². The van der Waals surface area contributed by atoms with Gasteiger partial charge in [0.1, 0.15) is 11.7 Å². The van der Waals surface area contributed by atoms with E-state index < -0.39 is 14.9 Å². The average molecular weight is 398 g/mol. The van der Waals surface area contributed by atoms with Crippen LogP contribution in [0.3, 0.4) is 0 Å². The van der Waals surface area contributed by atoms with Gasteiger partial charge < -0.3 is 0 Å². The second-order valence-electron chi connectivity index (χ2n) is 5.83. The first-order valence-electron chi connectivity index (χ1n) is 7.89. The molecule has 0 spiro atoms. The summed E-state index contributed by atoms with van der Waals surface area (Å²) in [5, 5.41) is 23.9. The Balaban J connectivity index is 1.96. The highest BCUT2D eigenvalue weighted by atomic mass is 32.2. The third-order valence-corrected chi connectivity index (χ3v) is 5.81. The van der Waals surface area contributed by atoms with E-state index in [2.05, 4.69) is 10.1 Å². The van der Waals surface area contributed by atoms with E-state index in [9.17, 15) is 18.5 Å². The highest BCUT2D eigenvalue weighted by Gasteiger charge is 2.24. The fourth-order valence-electron chi connectivity index (χ4n) is 2.49. The van der Waals surface area contributed by atoms with Crippen molar-refractivity contribution in [3.8, 4) is 6.07 Å². The molecule has 2 heterocycles. The number of sulfonamides is 1. The molecule has 0 aliphatic heterocycles. The monoisotopic (exact) mass is 398 g/mol. The second-order valence-corrected chi connectivity index (χ2v) is 7.75. The molecule has 0 unspecified atom stereocenters. The predicted octanol–water partition coefficient (Wildman–Crippen LogP) is 2.08. The number of fused-ring (bicyclic) bond motifs is 1. The Morgan fingerprint density at radius 3 is 2.79 bits per heavy atom. The molecular weight excluding hydrogens is 384 g/mol. The minimum atomic E-state index is -4.10. The molecule has 0 N–H and O–H groups in total. The number of nitrogens with zero attached hydrogens (tertiary/aromatic N) is 6. The largest absolute Gasteiger partial charge is 0.297 e. The number of nitro benzene ring substituents is 1. The minimum Gasteiger partial charge on any atom is -0.297 e. The maximum absolute atomic E-state index is 12.8. The molecule has 0 aliphatic rings. The summed E-state index contributed by atoms with van der Waals surface area (Å²) in [6.07, 6.45) is 4.33. The van der Waals surface area contributed by atoms with Gasteiger partial charge in [-0.25, -0.2) is 4.98 Å². The number of hydrogen-bond acceptors (Lipinski definition) is 7. The van der Waals surface area contributed by atoms with Crippen LogP contribution in [0.15, 0.2) is 52.7 Å². The Hall–Kier alpha value is -3.78. The van der Waals surface area contributed by atoms with Crippen molar-refractivity contribution in [2.24, 2.45) is 5.10 Å². The molecule has 10 nitrogen and oxygen atoms in total. The number of imidazole rings is 1. The summed E-state index contributed by atoms with van der Waals surface area (Å²) in [7, 11) is -2.87. The fourth-order valence-corrected chi connectivity index (χ4v) is 3.69. The van der Waals surface area contributed by atoms with Crippen LogP contribution in [0.4, 0.5) is 5.69 Å². The van der Waals surface area contributed by atoms with Gasteiger partial charge in [-0.05, 0) is 24.6 Å². The van der Waals surface area contributed by atoms with Gasteiger partial charge in [-0.1, -0.05) is 6.07 Å². The molecule has 0 amide bonds. The van der Waals surface area contributed by atoms with Crippen molar-refractivity contribution in [3.05, 3.63) is 69.7 Å². The second kappa shape index (κ2) is 7.09. The minimum absolute atomic E-state index is 0.203. The summed E-state index contributed by atoms with van der Waals surface area (Å²) in [6.45, 7) is 1.54. The van der Waals surface area contributed by atoms with E-state index in [4.69, 9.17) is 5.26 Å². The quantitative estimate of drug-likeness (QED) is 0.367. The lowest BCUT2D eigenvalue weighted by atomic mass is 10.2. The number of hydrazone groups is 1. The molecule has 0 aliphatic carbocycles. The van der Waals surface area contributed by atoms with Crippen molar-refractivity contribution in [1.82, 2.24) is 13.8 Å². The Bertz CT molecular complexity index is 1260. The third-order valence-electron chi connectivity index (χ3n) is 4.02. The van der Waals surface area contributed by atoms with E-state index in [0.717, 1.165) is 10.5 Å². The van der Waals surface area contributed by atoms with Gasteiger partial charge in [-0.15, -0.1) is 0 Å². The van der Waals surface area contributed by atoms with Gasteiger partial charge in [0, 0.05) is 25.4 Å². The predicted molar refractivity (Wildman–Crippen MR) is 100 cm³/mol. The lowest BCUT2D eigenvalue weighted by Gasteiger charge is -2.15. The number of pyridine rings is 1. The topological polar surface area (TPSA) is 134 Å². The Morgan fingerprint density at radius 1 is 1.36 bits per heavy atom. The summed E-state index contributed by atoms with van der Waals surface area (Å²) < 4.78 is 27.9. The first-order valence-corrected chi connectivity index (χ1v) is 9.33. The molecule has 3 aromatic rings. The molecule has 0 bridgehead atoms. The SMILES string of the molecule is Cc1ccc([N+](=O)[O-])cc1S(=O)(=O)N(C)/N=C/c1cnc2ccc(C#N)cn12. The van der Waals surface area contributed by atoms with Crippen LogP contribution < -0.4 is 0 Å². The van der Waals surface area contributed by atoms with Gasteiger partial charge in [-0.3, -0.25) is 14.5 Å². The Morgan fingerprint density at radius 2 is 2.11 bits per heavy atom. The highest BCUT2D eigenvalue weighted by Crippen LogP contribution is 2.24. The summed E-state index contributed by atoms with van der Waals surface area (Å²) in [6, 6.07) is 8.90. The lowest BCUT2D eigenvalue weighted by molar-refractivity contribution is -0.385. The zero-order valence-electron chi connectivity index (χ0n) is 14.8. The van der Waals surface area contributed by atoms with Gasteiger partial charge >= 0.3 is 0 Å². The van der Waals surface area contributed by atoms with Crippen molar-refractivity contribution in [1.29, 1.82) is 5.26 Å². The molecule has 0 radical (unpaired) electrons. The van der Waals surface area contributed by atoms with Gasteiger partial charge in [0.2, 0.25) is 0 Å². The van der Waals surface area contributed by atoms with Gasteiger partial charge in [0.05, 0.1) is 33.5 Å². The summed E-state index contributed by atoms with van der Waals surface area (Å²) >= 11 is 0. The molecule has 28 heavy (non-hydrogen) atoms. The van der Waals surface area contributed by atoms with Crippen LogP contribution >= 0.6 is 0 Å². The lowest BCUT2D eigenvalue weighted by Crippen LogP contribution is -2.23. The summed E-state index contributed by atoms with van der Waals surface area (Å²) in [4.78, 5) is 14.2. The van der Waals surface area contributed by atoms with E-state index in [1.165, 1.54) is 31.6 Å². The molecule has 2 aromatic heterocycles. The average Bonchev–Trinajstić information content (AvgIpc) is 3.08. The number of benzene rings is 1. The van der Waals surface area contributed by atoms with Crippen LogP contribution in [-0.2, 0) is 10.0 Å². The molecule has 1 aromatic carbocycles. The molecule has 0 fully saturated rings. The molecule has 0 saturated carbocycles. The van der Waals surface area contributed by atoms with E-state index >= 15 is 0 Å². The number of non-ortho nitro benzene ring substituents is 1. The Kier molecular flexibility index (Phi) is 4.81. The standard InChI is InChI=1S/C17H14N6O4S/c1-12-3-5-14(23(24)25)7-16(12)28(26,27)21(2)20-10-15-9-19-17-6-4-13(8-18)11-22(15)17/h3-7,9-11H,1-2H3/b20-10+. The molecule has 142 valence electrons. The van der Waals surface area contributed by atoms with E-state index in [-0.39, 0.29) is 10.6 Å². The molecule has 11 heteroatoms. The van der Waals surface area contributed by atoms with Crippen LogP contribution in [0, 0.1) is 28.4 Å². The number of aryl methyl sites for hydroxylation is 1. The highest BCUT2D eigenvalue weighted by molar-refractivity contribution is 7.89. The van der Waals surface area contributed by atoms with Crippen molar-refractivity contribution in [2.45, 2.75) is 11.8 Å². The molecule has 0 saturated heterocycles. The van der Waals surface area contributed by atoms with Gasteiger partial charge in [0.25, 0.3) is 15.7 Å². The maximum atomic E-state index is 12.8. The van der Waals surface area contributed by atoms with Crippen LogP contribution in [-0.4, -0.2) is 40.4 Å². The van der Waals surface area contributed by atoms with Crippen LogP contribution in [0.2, 0.25) is 0 Å². The number of nitro groups is 1. The number of rotatable bonds is 5. The van der Waals surface area contributed by atoms with Crippen LogP contribution in [0.1, 0.15) is 16.8 Å². The summed E-state index contributed by atoms with van der Waals surface area (Å²) in [5.41, 5.74) is 1.48.